The summed E-state index contributed by atoms with van der Waals surface area (Å²) in [6.07, 6.45) is 1.46. The van der Waals surface area contributed by atoms with E-state index in [0.717, 1.165) is 16.7 Å². The molecule has 0 spiro atoms. The lowest BCUT2D eigenvalue weighted by Gasteiger charge is -2.12. The number of nitrogens with one attached hydrogen (secondary N) is 1. The van der Waals surface area contributed by atoms with Gasteiger partial charge in [0.15, 0.2) is 0 Å². The average Bonchev–Trinajstić information content (AvgIpc) is 3.21. The van der Waals surface area contributed by atoms with Gasteiger partial charge in [-0.05, 0) is 25.5 Å². The zero-order valence-electron chi connectivity index (χ0n) is 17.8. The molecule has 0 radical (unpaired) electrons. The van der Waals surface area contributed by atoms with Crippen molar-refractivity contribution in [1.29, 1.82) is 0 Å². The highest BCUT2D eigenvalue weighted by Gasteiger charge is 2.17. The number of fused-ring (bicyclic) bond motifs is 1. The molecule has 9 heteroatoms. The molecule has 164 valence electrons. The molecule has 0 atom stereocenters. The number of ether oxygens (including phenoxy) is 1. The van der Waals surface area contributed by atoms with Crippen molar-refractivity contribution >= 4 is 34.3 Å². The number of aryl methyl sites for hydroxylation is 3. The molecule has 4 rings (SSSR count). The second kappa shape index (κ2) is 8.84. The van der Waals surface area contributed by atoms with Gasteiger partial charge in [-0.15, -0.1) is 0 Å². The molecule has 1 N–H and O–H groups in total. The van der Waals surface area contributed by atoms with Crippen molar-refractivity contribution in [2.45, 2.75) is 26.8 Å². The van der Waals surface area contributed by atoms with Gasteiger partial charge >= 0.3 is 0 Å². The van der Waals surface area contributed by atoms with Gasteiger partial charge in [0.2, 0.25) is 5.91 Å². The molecular weight excluding hydrogens is 432 g/mol. The molecule has 0 aliphatic rings. The first-order valence-corrected chi connectivity index (χ1v) is 10.3. The number of hydrogen-bond acceptors (Lipinski definition) is 6. The van der Waals surface area contributed by atoms with E-state index in [9.17, 15) is 9.59 Å². The van der Waals surface area contributed by atoms with Crippen molar-refractivity contribution in [2.24, 2.45) is 0 Å². The third-order valence-electron chi connectivity index (χ3n) is 5.11. The standard InChI is InChI=1S/C23H21ClN4O4/c1-13-4-6-15(7-5-13)20-21-22(32-27-20)23(30)28(12-25-21)9-8-19(29)26-17-10-14(2)16(24)11-18(17)31-3/h4-7,10-12H,8-9H2,1-3H3,(H,26,29). The average molecular weight is 453 g/mol. The molecule has 0 unspecified atom stereocenters. The predicted octanol–water partition coefficient (Wildman–Crippen LogP) is 4.36. The summed E-state index contributed by atoms with van der Waals surface area (Å²) in [5.74, 6) is 0.175. The number of rotatable bonds is 6. The van der Waals surface area contributed by atoms with Gasteiger partial charge in [-0.2, -0.15) is 0 Å². The van der Waals surface area contributed by atoms with Gasteiger partial charge in [0, 0.05) is 29.6 Å². The zero-order valence-corrected chi connectivity index (χ0v) is 18.6. The number of halogens is 1. The van der Waals surface area contributed by atoms with Crippen LogP contribution in [0.4, 0.5) is 5.69 Å². The highest BCUT2D eigenvalue weighted by atomic mass is 35.5. The lowest BCUT2D eigenvalue weighted by molar-refractivity contribution is -0.116. The summed E-state index contributed by atoms with van der Waals surface area (Å²) >= 11 is 6.10. The van der Waals surface area contributed by atoms with E-state index in [1.165, 1.54) is 18.0 Å². The van der Waals surface area contributed by atoms with Crippen LogP contribution >= 0.6 is 11.6 Å². The molecule has 0 saturated heterocycles. The van der Waals surface area contributed by atoms with Crippen molar-refractivity contribution in [1.82, 2.24) is 14.7 Å². The van der Waals surface area contributed by atoms with Crippen molar-refractivity contribution in [3.63, 3.8) is 0 Å². The normalized spacial score (nSPS) is 11.0. The SMILES string of the molecule is COc1cc(Cl)c(C)cc1NC(=O)CCn1cnc2c(-c3ccc(C)cc3)noc2c1=O. The molecule has 4 aromatic rings. The maximum Gasteiger partial charge on any atom is 0.299 e. The molecule has 32 heavy (non-hydrogen) atoms. The minimum Gasteiger partial charge on any atom is -0.495 e. The van der Waals surface area contributed by atoms with Crippen molar-refractivity contribution in [3.05, 3.63) is 69.2 Å². The summed E-state index contributed by atoms with van der Waals surface area (Å²) in [7, 11) is 1.50. The molecular formula is C23H21ClN4O4. The molecule has 2 aromatic carbocycles. The van der Waals surface area contributed by atoms with Gasteiger partial charge in [-0.1, -0.05) is 46.6 Å². The molecule has 2 heterocycles. The lowest BCUT2D eigenvalue weighted by Crippen LogP contribution is -2.23. The highest BCUT2D eigenvalue weighted by molar-refractivity contribution is 6.31. The van der Waals surface area contributed by atoms with Crippen molar-refractivity contribution < 1.29 is 14.1 Å². The Morgan fingerprint density at radius 3 is 2.69 bits per heavy atom. The van der Waals surface area contributed by atoms with Crippen LogP contribution in [0.25, 0.3) is 22.4 Å². The van der Waals surface area contributed by atoms with E-state index in [1.54, 1.807) is 12.1 Å². The number of carbonyl (C=O) groups is 1. The number of nitrogens with zero attached hydrogens (tertiary/aromatic N) is 3. The van der Waals surface area contributed by atoms with Crippen LogP contribution in [0, 0.1) is 13.8 Å². The van der Waals surface area contributed by atoms with Crippen molar-refractivity contribution in [3.8, 4) is 17.0 Å². The number of methoxy groups -OCH3 is 1. The highest BCUT2D eigenvalue weighted by Crippen LogP contribution is 2.31. The summed E-state index contributed by atoms with van der Waals surface area (Å²) < 4.78 is 11.9. The van der Waals surface area contributed by atoms with E-state index in [-0.39, 0.29) is 24.5 Å². The van der Waals surface area contributed by atoms with Crippen LogP contribution in [-0.4, -0.2) is 27.7 Å². The van der Waals surface area contributed by atoms with Crippen LogP contribution in [0.15, 0.2) is 52.0 Å². The summed E-state index contributed by atoms with van der Waals surface area (Å²) in [4.78, 5) is 29.6. The first-order chi connectivity index (χ1) is 15.4. The van der Waals surface area contributed by atoms with Crippen LogP contribution in [0.3, 0.4) is 0 Å². The van der Waals surface area contributed by atoms with Crippen LogP contribution in [0.2, 0.25) is 5.02 Å². The van der Waals surface area contributed by atoms with E-state index in [1.807, 2.05) is 38.1 Å². The van der Waals surface area contributed by atoms with Crippen LogP contribution in [0.1, 0.15) is 17.5 Å². The number of anilines is 1. The third kappa shape index (κ3) is 4.22. The Balaban J connectivity index is 1.51. The lowest BCUT2D eigenvalue weighted by atomic mass is 10.1. The third-order valence-corrected chi connectivity index (χ3v) is 5.52. The second-order valence-electron chi connectivity index (χ2n) is 7.42. The smallest absolute Gasteiger partial charge is 0.299 e. The summed E-state index contributed by atoms with van der Waals surface area (Å²) in [5, 5.41) is 7.36. The molecule has 0 saturated carbocycles. The van der Waals surface area contributed by atoms with Gasteiger partial charge in [0.1, 0.15) is 17.0 Å². The van der Waals surface area contributed by atoms with E-state index < -0.39 is 5.56 Å². The molecule has 2 aromatic heterocycles. The molecule has 1 amide bonds. The van der Waals surface area contributed by atoms with E-state index in [0.29, 0.717) is 27.7 Å². The summed E-state index contributed by atoms with van der Waals surface area (Å²) in [5.41, 5.74) is 3.80. The summed E-state index contributed by atoms with van der Waals surface area (Å²) in [6.45, 7) is 3.95. The minimum atomic E-state index is -0.395. The van der Waals surface area contributed by atoms with Crippen molar-refractivity contribution in [2.75, 3.05) is 12.4 Å². The fourth-order valence-corrected chi connectivity index (χ4v) is 3.43. The Morgan fingerprint density at radius 1 is 1.22 bits per heavy atom. The number of aromatic nitrogens is 3. The fraction of sp³-hybridized carbons (Fsp3) is 0.217. The van der Waals surface area contributed by atoms with Crippen LogP contribution in [-0.2, 0) is 11.3 Å². The van der Waals surface area contributed by atoms with Gasteiger partial charge in [0.25, 0.3) is 11.1 Å². The Hall–Kier alpha value is -3.65. The van der Waals surface area contributed by atoms with Crippen LogP contribution < -0.4 is 15.6 Å². The number of benzene rings is 2. The van der Waals surface area contributed by atoms with Gasteiger partial charge in [0.05, 0.1) is 19.1 Å². The number of carbonyl (C=O) groups excluding carboxylic acids is 1. The quantitative estimate of drug-likeness (QED) is 0.466. The number of amides is 1. The molecule has 0 aliphatic carbocycles. The van der Waals surface area contributed by atoms with E-state index >= 15 is 0 Å². The Labute approximate surface area is 188 Å². The maximum atomic E-state index is 12.8. The van der Waals surface area contributed by atoms with Crippen LogP contribution in [0.5, 0.6) is 5.75 Å². The fourth-order valence-electron chi connectivity index (χ4n) is 3.28. The monoisotopic (exact) mass is 452 g/mol. The Morgan fingerprint density at radius 2 is 1.97 bits per heavy atom. The maximum absolute atomic E-state index is 12.8. The van der Waals surface area contributed by atoms with E-state index in [2.05, 4.69) is 15.5 Å². The second-order valence-corrected chi connectivity index (χ2v) is 7.83. The predicted molar refractivity (Wildman–Crippen MR) is 122 cm³/mol. The minimum absolute atomic E-state index is 0.0525. The van der Waals surface area contributed by atoms with E-state index in [4.69, 9.17) is 20.9 Å². The zero-order chi connectivity index (χ0) is 22.8. The topological polar surface area (TPSA) is 99.2 Å². The number of hydrogen-bond donors (Lipinski definition) is 1. The molecule has 8 nitrogen and oxygen atoms in total. The van der Waals surface area contributed by atoms with Gasteiger partial charge in [-0.25, -0.2) is 4.98 Å². The largest absolute Gasteiger partial charge is 0.495 e. The van der Waals surface area contributed by atoms with Gasteiger partial charge in [-0.3, -0.25) is 14.2 Å². The molecule has 0 aliphatic heterocycles. The first kappa shape index (κ1) is 21.6. The first-order valence-electron chi connectivity index (χ1n) is 9.93. The Bertz CT molecular complexity index is 1360. The molecule has 0 bridgehead atoms. The summed E-state index contributed by atoms with van der Waals surface area (Å²) in [6, 6.07) is 11.1. The van der Waals surface area contributed by atoms with Gasteiger partial charge < -0.3 is 14.6 Å². The Kier molecular flexibility index (Phi) is 5.96. The molecule has 0 fully saturated rings.